The molecule has 0 aromatic heterocycles. The van der Waals surface area contributed by atoms with Gasteiger partial charge in [0.25, 0.3) is 0 Å². The number of nitrogens with one attached hydrogen (secondary N) is 1. The molecule has 1 aliphatic rings. The van der Waals surface area contributed by atoms with Crippen LogP contribution in [0.2, 0.25) is 0 Å². The van der Waals surface area contributed by atoms with Crippen molar-refractivity contribution in [1.29, 1.82) is 0 Å². The van der Waals surface area contributed by atoms with E-state index in [-0.39, 0.29) is 4.90 Å². The predicted molar refractivity (Wildman–Crippen MR) is 84.8 cm³/mol. The molecule has 1 N–H and O–H groups in total. The molecule has 124 valence electrons. The highest BCUT2D eigenvalue weighted by Gasteiger charge is 2.19. The average molecular weight is 328 g/mol. The number of sulfonamides is 1. The molecule has 0 bridgehead atoms. The number of rotatable bonds is 7. The lowest BCUT2D eigenvalue weighted by atomic mass is 10.2. The standard InChI is InChI=1S/C15H24N2O4S/c1-13-4-5-14(20-2)15(12-13)22(18,19)16-6-3-7-17-8-10-21-11-9-17/h4-5,12,16H,3,6-11H2,1-2H3. The molecule has 7 heteroatoms. The van der Waals surface area contributed by atoms with Crippen LogP contribution >= 0.6 is 0 Å². The lowest BCUT2D eigenvalue weighted by Gasteiger charge is -2.26. The molecule has 0 radical (unpaired) electrons. The summed E-state index contributed by atoms with van der Waals surface area (Å²) in [6.07, 6.45) is 0.771. The summed E-state index contributed by atoms with van der Waals surface area (Å²) in [6, 6.07) is 5.14. The molecule has 0 saturated carbocycles. The largest absolute Gasteiger partial charge is 0.495 e. The monoisotopic (exact) mass is 328 g/mol. The zero-order valence-electron chi connectivity index (χ0n) is 13.2. The minimum atomic E-state index is -3.55. The molecule has 1 saturated heterocycles. The minimum absolute atomic E-state index is 0.196. The van der Waals surface area contributed by atoms with Crippen molar-refractivity contribution >= 4 is 10.0 Å². The van der Waals surface area contributed by atoms with Crippen LogP contribution in [0, 0.1) is 6.92 Å². The fourth-order valence-electron chi connectivity index (χ4n) is 2.41. The fourth-order valence-corrected chi connectivity index (χ4v) is 3.73. The van der Waals surface area contributed by atoms with Gasteiger partial charge in [0.05, 0.1) is 20.3 Å². The van der Waals surface area contributed by atoms with Crippen LogP contribution in [-0.2, 0) is 14.8 Å². The first-order valence-corrected chi connectivity index (χ1v) is 8.95. The smallest absolute Gasteiger partial charge is 0.244 e. The summed E-state index contributed by atoms with van der Waals surface area (Å²) < 4.78 is 37.9. The van der Waals surface area contributed by atoms with Crippen molar-refractivity contribution in [2.24, 2.45) is 0 Å². The molecular weight excluding hydrogens is 304 g/mol. The second-order valence-electron chi connectivity index (χ2n) is 5.36. The first-order chi connectivity index (χ1) is 10.5. The predicted octanol–water partition coefficient (Wildman–Crippen LogP) is 1.00. The van der Waals surface area contributed by atoms with E-state index in [0.717, 1.165) is 44.8 Å². The first kappa shape index (κ1) is 17.2. The van der Waals surface area contributed by atoms with E-state index in [1.54, 1.807) is 12.1 Å². The van der Waals surface area contributed by atoms with Gasteiger partial charge in [-0.1, -0.05) is 6.07 Å². The van der Waals surface area contributed by atoms with Crippen LogP contribution in [0.3, 0.4) is 0 Å². The van der Waals surface area contributed by atoms with Crippen molar-refractivity contribution in [3.05, 3.63) is 23.8 Å². The second-order valence-corrected chi connectivity index (χ2v) is 7.10. The number of benzene rings is 1. The van der Waals surface area contributed by atoms with Crippen LogP contribution in [-0.4, -0.2) is 59.8 Å². The number of morpholine rings is 1. The van der Waals surface area contributed by atoms with Crippen molar-refractivity contribution < 1.29 is 17.9 Å². The molecule has 1 aromatic rings. The summed E-state index contributed by atoms with van der Waals surface area (Å²) in [4.78, 5) is 2.48. The topological polar surface area (TPSA) is 67.9 Å². The van der Waals surface area contributed by atoms with Gasteiger partial charge in [0.2, 0.25) is 10.0 Å². The van der Waals surface area contributed by atoms with Gasteiger partial charge in [-0.25, -0.2) is 13.1 Å². The van der Waals surface area contributed by atoms with Gasteiger partial charge in [-0.3, -0.25) is 4.90 Å². The Morgan fingerprint density at radius 2 is 2.05 bits per heavy atom. The molecule has 1 aromatic carbocycles. The maximum atomic E-state index is 12.4. The van der Waals surface area contributed by atoms with E-state index in [4.69, 9.17) is 9.47 Å². The normalized spacial score (nSPS) is 16.6. The number of nitrogens with zero attached hydrogens (tertiary/aromatic N) is 1. The van der Waals surface area contributed by atoms with Gasteiger partial charge in [-0.05, 0) is 37.6 Å². The van der Waals surface area contributed by atoms with Gasteiger partial charge in [0.15, 0.2) is 0 Å². The Morgan fingerprint density at radius 3 is 2.73 bits per heavy atom. The molecule has 0 aliphatic carbocycles. The van der Waals surface area contributed by atoms with Crippen LogP contribution in [0.1, 0.15) is 12.0 Å². The molecule has 1 fully saturated rings. The molecule has 0 spiro atoms. The number of ether oxygens (including phenoxy) is 2. The van der Waals surface area contributed by atoms with Crippen molar-refractivity contribution in [3.63, 3.8) is 0 Å². The van der Waals surface area contributed by atoms with E-state index in [1.807, 2.05) is 13.0 Å². The van der Waals surface area contributed by atoms with Gasteiger partial charge in [-0.2, -0.15) is 0 Å². The number of hydrogen-bond acceptors (Lipinski definition) is 5. The molecule has 0 atom stereocenters. The van der Waals surface area contributed by atoms with E-state index < -0.39 is 10.0 Å². The van der Waals surface area contributed by atoms with Crippen molar-refractivity contribution in [1.82, 2.24) is 9.62 Å². The molecular formula is C15H24N2O4S. The van der Waals surface area contributed by atoms with Gasteiger partial charge < -0.3 is 9.47 Å². The number of hydrogen-bond donors (Lipinski definition) is 1. The molecule has 1 heterocycles. The molecule has 0 unspecified atom stereocenters. The van der Waals surface area contributed by atoms with Crippen LogP contribution < -0.4 is 9.46 Å². The summed E-state index contributed by atoms with van der Waals surface area (Å²) in [6.45, 7) is 6.49. The zero-order chi connectivity index (χ0) is 16.0. The zero-order valence-corrected chi connectivity index (χ0v) is 14.0. The van der Waals surface area contributed by atoms with E-state index >= 15 is 0 Å². The van der Waals surface area contributed by atoms with E-state index in [0.29, 0.717) is 12.3 Å². The molecule has 6 nitrogen and oxygen atoms in total. The van der Waals surface area contributed by atoms with Crippen LogP contribution in [0.4, 0.5) is 0 Å². The van der Waals surface area contributed by atoms with Crippen LogP contribution in [0.5, 0.6) is 5.75 Å². The Balaban J connectivity index is 1.89. The quantitative estimate of drug-likeness (QED) is 0.757. The molecule has 1 aliphatic heterocycles. The number of methoxy groups -OCH3 is 1. The van der Waals surface area contributed by atoms with Crippen molar-refractivity contribution in [3.8, 4) is 5.75 Å². The minimum Gasteiger partial charge on any atom is -0.495 e. The Labute approximate surface area is 132 Å². The van der Waals surface area contributed by atoms with E-state index in [2.05, 4.69) is 9.62 Å². The lowest BCUT2D eigenvalue weighted by molar-refractivity contribution is 0.0376. The Hall–Kier alpha value is -1.15. The summed E-state index contributed by atoms with van der Waals surface area (Å²) in [5, 5.41) is 0. The van der Waals surface area contributed by atoms with Crippen LogP contribution in [0.25, 0.3) is 0 Å². The highest BCUT2D eigenvalue weighted by atomic mass is 32.2. The highest BCUT2D eigenvalue weighted by Crippen LogP contribution is 2.24. The number of aryl methyl sites for hydroxylation is 1. The molecule has 0 amide bonds. The maximum Gasteiger partial charge on any atom is 0.244 e. The van der Waals surface area contributed by atoms with Gasteiger partial charge in [-0.15, -0.1) is 0 Å². The van der Waals surface area contributed by atoms with Crippen LogP contribution in [0.15, 0.2) is 23.1 Å². The Morgan fingerprint density at radius 1 is 1.32 bits per heavy atom. The van der Waals surface area contributed by atoms with Crippen molar-refractivity contribution in [2.75, 3.05) is 46.5 Å². The lowest BCUT2D eigenvalue weighted by Crippen LogP contribution is -2.38. The second kappa shape index (κ2) is 7.92. The molecule has 2 rings (SSSR count). The van der Waals surface area contributed by atoms with Crippen molar-refractivity contribution in [2.45, 2.75) is 18.2 Å². The van der Waals surface area contributed by atoms with Gasteiger partial charge in [0, 0.05) is 19.6 Å². The third kappa shape index (κ3) is 4.67. The third-order valence-corrected chi connectivity index (χ3v) is 5.14. The third-order valence-electron chi connectivity index (χ3n) is 3.66. The summed E-state index contributed by atoms with van der Waals surface area (Å²) in [7, 11) is -2.07. The highest BCUT2D eigenvalue weighted by molar-refractivity contribution is 7.89. The Bertz CT molecular complexity index is 583. The van der Waals surface area contributed by atoms with E-state index in [9.17, 15) is 8.42 Å². The first-order valence-electron chi connectivity index (χ1n) is 7.47. The maximum absolute atomic E-state index is 12.4. The van der Waals surface area contributed by atoms with E-state index in [1.165, 1.54) is 7.11 Å². The summed E-state index contributed by atoms with van der Waals surface area (Å²) in [5.41, 5.74) is 0.884. The SMILES string of the molecule is COc1ccc(C)cc1S(=O)(=O)NCCCN1CCOCC1. The summed E-state index contributed by atoms with van der Waals surface area (Å²) in [5.74, 6) is 0.367. The van der Waals surface area contributed by atoms with Gasteiger partial charge >= 0.3 is 0 Å². The summed E-state index contributed by atoms with van der Waals surface area (Å²) >= 11 is 0. The fraction of sp³-hybridized carbons (Fsp3) is 0.600. The Kier molecular flexibility index (Phi) is 6.19. The molecule has 22 heavy (non-hydrogen) atoms. The van der Waals surface area contributed by atoms with Gasteiger partial charge in [0.1, 0.15) is 10.6 Å². The average Bonchev–Trinajstić information content (AvgIpc) is 2.52.